The molecule has 0 aliphatic carbocycles. The molecule has 1 rings (SSSR count). The average molecular weight is 230 g/mol. The fourth-order valence-electron chi connectivity index (χ4n) is 1.27. The van der Waals surface area contributed by atoms with Crippen LogP contribution in [0.1, 0.15) is 16.7 Å². The molecule has 1 aromatic rings. The second kappa shape index (κ2) is 5.73. The van der Waals surface area contributed by atoms with Crippen LogP contribution in [-0.4, -0.2) is 17.1 Å². The Labute approximate surface area is 95.7 Å². The Morgan fingerprint density at radius 2 is 2.00 bits per heavy atom. The molecule has 0 spiro atoms. The summed E-state index contributed by atoms with van der Waals surface area (Å²) in [5, 5.41) is 8.64. The number of halogens is 1. The molecule has 0 aliphatic heterocycles. The van der Waals surface area contributed by atoms with Crippen molar-refractivity contribution >= 4 is 18.4 Å². The largest absolute Gasteiger partial charge is 0.480 e. The zero-order chi connectivity index (χ0) is 10.7. The number of aliphatic carboxylic acids is 1. The predicted octanol–water partition coefficient (Wildman–Crippen LogP) is 1.68. The van der Waals surface area contributed by atoms with E-state index in [1.54, 1.807) is 0 Å². The fourth-order valence-corrected chi connectivity index (χ4v) is 1.27. The van der Waals surface area contributed by atoms with Gasteiger partial charge in [0, 0.05) is 0 Å². The van der Waals surface area contributed by atoms with Crippen LogP contribution in [0.15, 0.2) is 18.2 Å². The van der Waals surface area contributed by atoms with E-state index in [9.17, 15) is 4.79 Å². The highest BCUT2D eigenvalue weighted by atomic mass is 35.5. The van der Waals surface area contributed by atoms with Crippen LogP contribution in [0, 0.1) is 13.8 Å². The number of hydrogen-bond donors (Lipinski definition) is 2. The maximum absolute atomic E-state index is 10.5. The van der Waals surface area contributed by atoms with Crippen LogP contribution in [0.4, 0.5) is 0 Å². The normalized spacial score (nSPS) is 11.7. The molecule has 1 aromatic carbocycles. The maximum atomic E-state index is 10.5. The molecule has 3 N–H and O–H groups in total. The van der Waals surface area contributed by atoms with Crippen molar-refractivity contribution in [2.45, 2.75) is 26.3 Å². The van der Waals surface area contributed by atoms with Crippen LogP contribution in [0.5, 0.6) is 0 Å². The summed E-state index contributed by atoms with van der Waals surface area (Å²) in [7, 11) is 0. The Bertz CT molecular complexity index is 352. The lowest BCUT2D eigenvalue weighted by Crippen LogP contribution is -2.32. The van der Waals surface area contributed by atoms with E-state index in [2.05, 4.69) is 0 Å². The van der Waals surface area contributed by atoms with Crippen molar-refractivity contribution in [3.8, 4) is 0 Å². The van der Waals surface area contributed by atoms with Gasteiger partial charge in [-0.15, -0.1) is 12.4 Å². The zero-order valence-corrected chi connectivity index (χ0v) is 9.67. The van der Waals surface area contributed by atoms with Gasteiger partial charge in [-0.25, -0.2) is 0 Å². The minimum Gasteiger partial charge on any atom is -0.480 e. The molecule has 0 saturated heterocycles. The van der Waals surface area contributed by atoms with Crippen LogP contribution in [0.2, 0.25) is 0 Å². The van der Waals surface area contributed by atoms with Crippen molar-refractivity contribution in [3.63, 3.8) is 0 Å². The third-order valence-corrected chi connectivity index (χ3v) is 2.34. The fraction of sp³-hybridized carbons (Fsp3) is 0.364. The third kappa shape index (κ3) is 3.90. The number of nitrogens with two attached hydrogens (primary N) is 1. The topological polar surface area (TPSA) is 63.3 Å². The second-order valence-corrected chi connectivity index (χ2v) is 3.57. The molecule has 0 amide bonds. The summed E-state index contributed by atoms with van der Waals surface area (Å²) in [5.41, 5.74) is 8.78. The first-order valence-electron chi connectivity index (χ1n) is 4.55. The van der Waals surface area contributed by atoms with Crippen molar-refractivity contribution in [3.05, 3.63) is 34.9 Å². The van der Waals surface area contributed by atoms with Crippen LogP contribution in [0.25, 0.3) is 0 Å². The van der Waals surface area contributed by atoms with E-state index in [-0.39, 0.29) is 12.4 Å². The molecule has 0 aliphatic rings. The third-order valence-electron chi connectivity index (χ3n) is 2.34. The lowest BCUT2D eigenvalue weighted by atomic mass is 10.0. The second-order valence-electron chi connectivity index (χ2n) is 3.57. The van der Waals surface area contributed by atoms with E-state index in [1.165, 1.54) is 11.1 Å². The van der Waals surface area contributed by atoms with Gasteiger partial charge in [0.1, 0.15) is 6.04 Å². The number of aryl methyl sites for hydroxylation is 2. The lowest BCUT2D eigenvalue weighted by Gasteiger charge is -2.08. The first-order valence-corrected chi connectivity index (χ1v) is 4.55. The molecule has 0 aromatic heterocycles. The number of carboxylic acids is 1. The highest BCUT2D eigenvalue weighted by molar-refractivity contribution is 5.85. The maximum Gasteiger partial charge on any atom is 0.320 e. The van der Waals surface area contributed by atoms with Gasteiger partial charge in [-0.2, -0.15) is 0 Å². The highest BCUT2D eigenvalue weighted by Gasteiger charge is 2.11. The first-order chi connectivity index (χ1) is 6.50. The van der Waals surface area contributed by atoms with E-state index in [1.807, 2.05) is 32.0 Å². The molecule has 0 radical (unpaired) electrons. The molecule has 0 unspecified atom stereocenters. The van der Waals surface area contributed by atoms with Gasteiger partial charge in [0.25, 0.3) is 0 Å². The molecule has 1 atom stereocenters. The van der Waals surface area contributed by atoms with Crippen molar-refractivity contribution in [2.24, 2.45) is 5.73 Å². The summed E-state index contributed by atoms with van der Waals surface area (Å²) in [6.45, 7) is 4.03. The molecule has 0 fully saturated rings. The summed E-state index contributed by atoms with van der Waals surface area (Å²) < 4.78 is 0. The molecule has 4 heteroatoms. The number of hydrogen-bond acceptors (Lipinski definition) is 2. The van der Waals surface area contributed by atoms with Gasteiger partial charge in [0.05, 0.1) is 0 Å². The van der Waals surface area contributed by atoms with E-state index < -0.39 is 12.0 Å². The van der Waals surface area contributed by atoms with Crippen molar-refractivity contribution in [1.29, 1.82) is 0 Å². The van der Waals surface area contributed by atoms with Crippen molar-refractivity contribution in [1.82, 2.24) is 0 Å². The summed E-state index contributed by atoms with van der Waals surface area (Å²) in [6, 6.07) is 5.08. The summed E-state index contributed by atoms with van der Waals surface area (Å²) in [4.78, 5) is 10.5. The molecule has 3 nitrogen and oxygen atoms in total. The average Bonchev–Trinajstić information content (AvgIpc) is 2.11. The van der Waals surface area contributed by atoms with Crippen LogP contribution in [-0.2, 0) is 11.2 Å². The molecule has 0 heterocycles. The van der Waals surface area contributed by atoms with Crippen LogP contribution in [0.3, 0.4) is 0 Å². The van der Waals surface area contributed by atoms with Crippen LogP contribution >= 0.6 is 12.4 Å². The summed E-state index contributed by atoms with van der Waals surface area (Å²) in [6.07, 6.45) is 0.385. The Kier molecular flexibility index (Phi) is 5.33. The standard InChI is InChI=1S/C11H15NO2.ClH/c1-7-3-4-9(5-8(7)2)6-10(12)11(13)14;/h3-5,10H,6,12H2,1-2H3,(H,13,14);1H/t10-;/m1./s1. The minimum atomic E-state index is -0.955. The number of carboxylic acid groups (broad SMARTS) is 1. The van der Waals surface area contributed by atoms with Gasteiger partial charge >= 0.3 is 5.97 Å². The van der Waals surface area contributed by atoms with Crippen molar-refractivity contribution in [2.75, 3.05) is 0 Å². The molecular weight excluding hydrogens is 214 g/mol. The smallest absolute Gasteiger partial charge is 0.320 e. The van der Waals surface area contributed by atoms with Gasteiger partial charge in [0.2, 0.25) is 0 Å². The van der Waals surface area contributed by atoms with Gasteiger partial charge in [-0.1, -0.05) is 18.2 Å². The van der Waals surface area contributed by atoms with Gasteiger partial charge in [-0.05, 0) is 37.0 Å². The quantitative estimate of drug-likeness (QED) is 0.829. The molecule has 84 valence electrons. The summed E-state index contributed by atoms with van der Waals surface area (Å²) >= 11 is 0. The monoisotopic (exact) mass is 229 g/mol. The van der Waals surface area contributed by atoms with Crippen LogP contribution < -0.4 is 5.73 Å². The number of rotatable bonds is 3. The Hall–Kier alpha value is -1.06. The Balaban J connectivity index is 0.00000196. The number of benzene rings is 1. The number of carbonyl (C=O) groups is 1. The van der Waals surface area contributed by atoms with Gasteiger partial charge in [0.15, 0.2) is 0 Å². The highest BCUT2D eigenvalue weighted by Crippen LogP contribution is 2.11. The predicted molar refractivity (Wildman–Crippen MR) is 62.5 cm³/mol. The van der Waals surface area contributed by atoms with E-state index in [4.69, 9.17) is 10.8 Å². The lowest BCUT2D eigenvalue weighted by molar-refractivity contribution is -0.138. The van der Waals surface area contributed by atoms with E-state index in [0.717, 1.165) is 5.56 Å². The molecule has 0 saturated carbocycles. The van der Waals surface area contributed by atoms with Gasteiger partial charge < -0.3 is 10.8 Å². The Morgan fingerprint density at radius 1 is 1.40 bits per heavy atom. The first kappa shape index (κ1) is 13.9. The SMILES string of the molecule is Cc1ccc(C[C@@H](N)C(=O)O)cc1C.Cl. The van der Waals surface area contributed by atoms with Gasteiger partial charge in [-0.3, -0.25) is 4.79 Å². The molecular formula is C11H16ClNO2. The Morgan fingerprint density at radius 3 is 2.47 bits per heavy atom. The van der Waals surface area contributed by atoms with E-state index in [0.29, 0.717) is 6.42 Å². The minimum absolute atomic E-state index is 0. The van der Waals surface area contributed by atoms with E-state index >= 15 is 0 Å². The zero-order valence-electron chi connectivity index (χ0n) is 8.86. The van der Waals surface area contributed by atoms with Crippen molar-refractivity contribution < 1.29 is 9.90 Å². The molecule has 0 bridgehead atoms. The summed E-state index contributed by atoms with van der Waals surface area (Å²) in [5.74, 6) is -0.955. The molecule has 15 heavy (non-hydrogen) atoms.